The molecule has 0 fully saturated rings. The van der Waals surface area contributed by atoms with Crippen molar-refractivity contribution in [1.29, 1.82) is 0 Å². The fraction of sp³-hybridized carbons (Fsp3) is 0.364. The highest BCUT2D eigenvalue weighted by atomic mass is 32.2. The van der Waals surface area contributed by atoms with Crippen molar-refractivity contribution in [3.8, 4) is 0 Å². The van der Waals surface area contributed by atoms with Gasteiger partial charge in [0.05, 0.1) is 30.7 Å². The van der Waals surface area contributed by atoms with Gasteiger partial charge in [0.1, 0.15) is 0 Å². The minimum Gasteiger partial charge on any atom is -0.399 e. The third-order valence-corrected chi connectivity index (χ3v) is 3.70. The van der Waals surface area contributed by atoms with Gasteiger partial charge < -0.3 is 20.8 Å². The molecule has 0 atom stereocenters. The molecule has 0 saturated heterocycles. The van der Waals surface area contributed by atoms with E-state index in [9.17, 15) is 15.0 Å². The van der Waals surface area contributed by atoms with E-state index in [2.05, 4.69) is 0 Å². The molecule has 92 valence electrons. The summed E-state index contributed by atoms with van der Waals surface area (Å²) < 4.78 is 0. The maximum Gasteiger partial charge on any atom is 0.237 e. The van der Waals surface area contributed by atoms with Crippen molar-refractivity contribution >= 4 is 29.0 Å². The van der Waals surface area contributed by atoms with E-state index < -0.39 is 6.04 Å². The van der Waals surface area contributed by atoms with Crippen molar-refractivity contribution in [2.24, 2.45) is 0 Å². The molecule has 1 aliphatic rings. The van der Waals surface area contributed by atoms with E-state index in [1.807, 2.05) is 6.07 Å². The Morgan fingerprint density at radius 3 is 2.76 bits per heavy atom. The maximum atomic E-state index is 11.9. The lowest BCUT2D eigenvalue weighted by atomic mass is 10.2. The second-order valence-electron chi connectivity index (χ2n) is 3.80. The van der Waals surface area contributed by atoms with Crippen LogP contribution in [0.25, 0.3) is 0 Å². The highest BCUT2D eigenvalue weighted by Gasteiger charge is 2.30. The number of amides is 1. The summed E-state index contributed by atoms with van der Waals surface area (Å²) in [6, 6.07) is 4.70. The number of nitrogen functional groups attached to an aromatic ring is 1. The second-order valence-corrected chi connectivity index (χ2v) is 4.82. The summed E-state index contributed by atoms with van der Waals surface area (Å²) >= 11 is 1.44. The van der Waals surface area contributed by atoms with Gasteiger partial charge in [-0.1, -0.05) is 0 Å². The number of nitrogens with zero attached hydrogens (tertiary/aromatic N) is 1. The van der Waals surface area contributed by atoms with E-state index in [0.717, 1.165) is 4.90 Å². The molecule has 0 bridgehead atoms. The summed E-state index contributed by atoms with van der Waals surface area (Å²) in [5, 5.41) is 18.4. The predicted octanol–water partition coefficient (Wildman–Crippen LogP) is 0.0607. The third kappa shape index (κ3) is 2.24. The molecule has 17 heavy (non-hydrogen) atoms. The first-order valence-electron chi connectivity index (χ1n) is 5.23. The van der Waals surface area contributed by atoms with Gasteiger partial charge in [0, 0.05) is 10.6 Å². The third-order valence-electron chi connectivity index (χ3n) is 2.65. The van der Waals surface area contributed by atoms with Crippen molar-refractivity contribution in [2.45, 2.75) is 10.9 Å². The molecule has 0 aromatic heterocycles. The number of hydrogen-bond acceptors (Lipinski definition) is 5. The smallest absolute Gasteiger partial charge is 0.237 e. The van der Waals surface area contributed by atoms with Crippen LogP contribution in [0.5, 0.6) is 0 Å². The predicted molar refractivity (Wildman–Crippen MR) is 67.0 cm³/mol. The molecule has 0 unspecified atom stereocenters. The number of carbonyl (C=O) groups is 1. The highest BCUT2D eigenvalue weighted by molar-refractivity contribution is 8.00. The molecule has 1 amide bonds. The molecule has 0 saturated carbocycles. The van der Waals surface area contributed by atoms with Crippen molar-refractivity contribution in [3.05, 3.63) is 18.2 Å². The first-order valence-corrected chi connectivity index (χ1v) is 6.22. The van der Waals surface area contributed by atoms with Crippen LogP contribution in [0.3, 0.4) is 0 Å². The summed E-state index contributed by atoms with van der Waals surface area (Å²) in [6.45, 7) is -0.553. The van der Waals surface area contributed by atoms with Crippen LogP contribution in [0.4, 0.5) is 11.4 Å². The van der Waals surface area contributed by atoms with E-state index in [1.54, 1.807) is 12.1 Å². The number of fused-ring (bicyclic) bond motifs is 1. The monoisotopic (exact) mass is 254 g/mol. The molecule has 1 aromatic carbocycles. The van der Waals surface area contributed by atoms with Crippen LogP contribution in [-0.2, 0) is 4.79 Å². The zero-order chi connectivity index (χ0) is 12.4. The van der Waals surface area contributed by atoms with Crippen molar-refractivity contribution in [1.82, 2.24) is 0 Å². The van der Waals surface area contributed by atoms with Gasteiger partial charge in [-0.2, -0.15) is 0 Å². The van der Waals surface area contributed by atoms with Gasteiger partial charge in [0.15, 0.2) is 0 Å². The Balaban J connectivity index is 2.45. The molecule has 0 aliphatic carbocycles. The molecule has 0 spiro atoms. The lowest BCUT2D eigenvalue weighted by Gasteiger charge is -2.34. The normalized spacial score (nSPS) is 15.2. The van der Waals surface area contributed by atoms with Crippen molar-refractivity contribution < 1.29 is 15.0 Å². The number of aliphatic hydroxyl groups excluding tert-OH is 2. The van der Waals surface area contributed by atoms with Gasteiger partial charge in [-0.15, -0.1) is 11.8 Å². The first-order chi connectivity index (χ1) is 8.17. The molecule has 1 aromatic rings. The lowest BCUT2D eigenvalue weighted by Crippen LogP contribution is -2.47. The van der Waals surface area contributed by atoms with Gasteiger partial charge >= 0.3 is 0 Å². The SMILES string of the molecule is Nc1ccc2c(c1)N(C(CO)CO)C(=O)CS2. The van der Waals surface area contributed by atoms with Gasteiger partial charge in [0.2, 0.25) is 5.91 Å². The molecular weight excluding hydrogens is 240 g/mol. The molecule has 2 rings (SSSR count). The summed E-state index contributed by atoms with van der Waals surface area (Å²) in [7, 11) is 0. The van der Waals surface area contributed by atoms with Crippen molar-refractivity contribution in [3.63, 3.8) is 0 Å². The molecule has 6 heteroatoms. The zero-order valence-electron chi connectivity index (χ0n) is 9.17. The number of carbonyl (C=O) groups excluding carboxylic acids is 1. The summed E-state index contributed by atoms with van der Waals surface area (Å²) in [5.41, 5.74) is 6.92. The molecular formula is C11H14N2O3S. The molecule has 5 nitrogen and oxygen atoms in total. The average Bonchev–Trinajstić information content (AvgIpc) is 2.33. The minimum atomic E-state index is -0.607. The Bertz CT molecular complexity index is 435. The van der Waals surface area contributed by atoms with Gasteiger partial charge in [-0.3, -0.25) is 4.79 Å². The fourth-order valence-electron chi connectivity index (χ4n) is 1.81. The largest absolute Gasteiger partial charge is 0.399 e. The van der Waals surface area contributed by atoms with Crippen LogP contribution in [-0.4, -0.2) is 41.1 Å². The zero-order valence-corrected chi connectivity index (χ0v) is 9.98. The summed E-state index contributed by atoms with van der Waals surface area (Å²) in [5.74, 6) is 0.189. The Morgan fingerprint density at radius 1 is 1.41 bits per heavy atom. The number of hydrogen-bond donors (Lipinski definition) is 3. The Morgan fingerprint density at radius 2 is 2.12 bits per heavy atom. The number of thioether (sulfide) groups is 1. The fourth-order valence-corrected chi connectivity index (χ4v) is 2.70. The van der Waals surface area contributed by atoms with E-state index in [-0.39, 0.29) is 19.1 Å². The molecule has 1 aliphatic heterocycles. The first kappa shape index (κ1) is 12.2. The second kappa shape index (κ2) is 4.95. The average molecular weight is 254 g/mol. The van der Waals surface area contributed by atoms with Crippen molar-refractivity contribution in [2.75, 3.05) is 29.6 Å². The molecule has 0 radical (unpaired) electrons. The quantitative estimate of drug-likeness (QED) is 0.664. The van der Waals surface area contributed by atoms with Gasteiger partial charge in [-0.05, 0) is 18.2 Å². The number of nitrogens with two attached hydrogens (primary N) is 1. The van der Waals surface area contributed by atoms with Gasteiger partial charge in [0.25, 0.3) is 0 Å². The van der Waals surface area contributed by atoms with Crippen LogP contribution < -0.4 is 10.6 Å². The van der Waals surface area contributed by atoms with E-state index in [0.29, 0.717) is 17.1 Å². The number of rotatable bonds is 3. The van der Waals surface area contributed by atoms with E-state index in [1.165, 1.54) is 16.7 Å². The Kier molecular flexibility index (Phi) is 3.56. The van der Waals surface area contributed by atoms with E-state index in [4.69, 9.17) is 5.73 Å². The maximum absolute atomic E-state index is 11.9. The van der Waals surface area contributed by atoms with Crippen LogP contribution >= 0.6 is 11.8 Å². The topological polar surface area (TPSA) is 86.8 Å². The Hall–Kier alpha value is -1.24. The van der Waals surface area contributed by atoms with E-state index >= 15 is 0 Å². The standard InChI is InChI=1S/C11H14N2O3S/c12-7-1-2-10-9(3-7)13(8(4-14)5-15)11(16)6-17-10/h1-3,8,14-15H,4-6,12H2. The number of anilines is 2. The highest BCUT2D eigenvalue weighted by Crippen LogP contribution is 2.37. The summed E-state index contributed by atoms with van der Waals surface area (Å²) in [4.78, 5) is 14.2. The molecule has 1 heterocycles. The lowest BCUT2D eigenvalue weighted by molar-refractivity contribution is -0.117. The Labute approximate surface area is 103 Å². The number of aliphatic hydroxyl groups is 2. The minimum absolute atomic E-state index is 0.124. The molecule has 4 N–H and O–H groups in total. The van der Waals surface area contributed by atoms with Gasteiger partial charge in [-0.25, -0.2) is 0 Å². The summed E-state index contributed by atoms with van der Waals surface area (Å²) in [6.07, 6.45) is 0. The van der Waals surface area contributed by atoms with Crippen LogP contribution in [0.15, 0.2) is 23.1 Å². The van der Waals surface area contributed by atoms with Crippen LogP contribution in [0.2, 0.25) is 0 Å². The number of benzene rings is 1. The van der Waals surface area contributed by atoms with Crippen LogP contribution in [0.1, 0.15) is 0 Å². The van der Waals surface area contributed by atoms with Crippen LogP contribution in [0, 0.1) is 0 Å².